The van der Waals surface area contributed by atoms with Gasteiger partial charge in [-0.05, 0) is 31.4 Å². The van der Waals surface area contributed by atoms with E-state index < -0.39 is 0 Å². The third kappa shape index (κ3) is 3.79. The topological polar surface area (TPSA) is 9.23 Å². The molecule has 0 aliphatic heterocycles. The molecule has 0 aromatic heterocycles. The van der Waals surface area contributed by atoms with Crippen LogP contribution in [-0.2, 0) is 11.3 Å². The maximum Gasteiger partial charge on any atom is 0.131 e. The van der Waals surface area contributed by atoms with Crippen LogP contribution in [0.4, 0.5) is 0 Å². The number of hydrogen-bond acceptors (Lipinski definition) is 1. The lowest BCUT2D eigenvalue weighted by Crippen LogP contribution is -2.13. The lowest BCUT2D eigenvalue weighted by molar-refractivity contribution is 0.451. The highest BCUT2D eigenvalue weighted by Gasteiger charge is 2.20. The van der Waals surface area contributed by atoms with Crippen LogP contribution >= 0.6 is 11.6 Å². The summed E-state index contributed by atoms with van der Waals surface area (Å²) in [6.45, 7) is 10.8. The summed E-state index contributed by atoms with van der Waals surface area (Å²) in [5.74, 6) is 2.20. The second-order valence-electron chi connectivity index (χ2n) is 6.60. The lowest BCUT2D eigenvalue weighted by Gasteiger charge is -2.24. The smallest absolute Gasteiger partial charge is 0.131 e. The summed E-state index contributed by atoms with van der Waals surface area (Å²) in [6, 6.07) is 12.5. The van der Waals surface area contributed by atoms with Crippen LogP contribution < -0.4 is 4.74 Å². The minimum Gasteiger partial charge on any atom is -0.457 e. The molecule has 0 bridgehead atoms. The molecular formula is C19H23ClO. The minimum atomic E-state index is 0.0349. The number of alkyl halides is 1. The molecule has 0 amide bonds. The number of benzene rings is 2. The first kappa shape index (κ1) is 15.9. The molecule has 0 heterocycles. The van der Waals surface area contributed by atoms with Crippen molar-refractivity contribution in [2.75, 3.05) is 0 Å². The maximum absolute atomic E-state index is 6.18. The molecule has 0 N–H and O–H groups in total. The molecule has 112 valence electrons. The molecule has 0 unspecified atom stereocenters. The molecular weight excluding hydrogens is 280 g/mol. The zero-order valence-corrected chi connectivity index (χ0v) is 14.2. The Morgan fingerprint density at radius 2 is 1.48 bits per heavy atom. The van der Waals surface area contributed by atoms with Crippen molar-refractivity contribution in [3.63, 3.8) is 0 Å². The molecule has 2 aromatic carbocycles. The average Bonchev–Trinajstić information content (AvgIpc) is 2.41. The van der Waals surface area contributed by atoms with Crippen molar-refractivity contribution in [2.24, 2.45) is 0 Å². The second kappa shape index (κ2) is 6.11. The largest absolute Gasteiger partial charge is 0.457 e. The fraction of sp³-hybridized carbons (Fsp3) is 0.368. The Morgan fingerprint density at radius 3 is 2.05 bits per heavy atom. The van der Waals surface area contributed by atoms with Crippen molar-refractivity contribution >= 4 is 11.6 Å². The Hall–Kier alpha value is -1.47. The first-order valence-electron chi connectivity index (χ1n) is 7.26. The zero-order chi connectivity index (χ0) is 15.6. The summed E-state index contributed by atoms with van der Waals surface area (Å²) in [6.07, 6.45) is 0. The summed E-state index contributed by atoms with van der Waals surface area (Å²) in [7, 11) is 0. The molecule has 2 heteroatoms. The first-order chi connectivity index (χ1) is 9.81. The molecule has 0 aliphatic carbocycles. The van der Waals surface area contributed by atoms with Gasteiger partial charge in [-0.25, -0.2) is 0 Å². The summed E-state index contributed by atoms with van der Waals surface area (Å²) < 4.78 is 6.18. The monoisotopic (exact) mass is 302 g/mol. The van der Waals surface area contributed by atoms with Crippen molar-refractivity contribution in [1.82, 2.24) is 0 Å². The maximum atomic E-state index is 6.18. The fourth-order valence-electron chi connectivity index (χ4n) is 2.35. The molecule has 0 radical (unpaired) electrons. The van der Waals surface area contributed by atoms with Crippen LogP contribution in [0.3, 0.4) is 0 Å². The highest BCUT2D eigenvalue weighted by Crippen LogP contribution is 2.36. The van der Waals surface area contributed by atoms with Crippen LogP contribution in [0.5, 0.6) is 11.5 Å². The van der Waals surface area contributed by atoms with E-state index in [-0.39, 0.29) is 5.41 Å². The summed E-state index contributed by atoms with van der Waals surface area (Å²) in [5, 5.41) is 0. The SMILES string of the molecule is Cc1ccc(Oc2ccc(C)cc2C(C)(C)C)c(CCl)c1. The number of rotatable bonds is 3. The Kier molecular flexibility index (Phi) is 4.63. The van der Waals surface area contributed by atoms with Gasteiger partial charge in [-0.3, -0.25) is 0 Å². The Balaban J connectivity index is 2.45. The summed E-state index contributed by atoms with van der Waals surface area (Å²) >= 11 is 6.05. The van der Waals surface area contributed by atoms with Gasteiger partial charge in [0.05, 0.1) is 5.88 Å². The van der Waals surface area contributed by atoms with Gasteiger partial charge in [0.1, 0.15) is 11.5 Å². The Morgan fingerprint density at radius 1 is 0.905 bits per heavy atom. The molecule has 1 nitrogen and oxygen atoms in total. The van der Waals surface area contributed by atoms with Crippen LogP contribution in [0, 0.1) is 13.8 Å². The first-order valence-corrected chi connectivity index (χ1v) is 7.79. The van der Waals surface area contributed by atoms with E-state index in [4.69, 9.17) is 16.3 Å². The zero-order valence-electron chi connectivity index (χ0n) is 13.5. The third-order valence-corrected chi connectivity index (χ3v) is 3.81. The molecule has 0 saturated heterocycles. The normalized spacial score (nSPS) is 11.5. The van der Waals surface area contributed by atoms with Crippen molar-refractivity contribution in [3.8, 4) is 11.5 Å². The fourth-order valence-corrected chi connectivity index (χ4v) is 2.56. The summed E-state index contributed by atoms with van der Waals surface area (Å²) in [4.78, 5) is 0. The minimum absolute atomic E-state index is 0.0349. The highest BCUT2D eigenvalue weighted by molar-refractivity contribution is 6.17. The van der Waals surface area contributed by atoms with Gasteiger partial charge in [-0.2, -0.15) is 0 Å². The second-order valence-corrected chi connectivity index (χ2v) is 6.86. The Bertz CT molecular complexity index is 638. The summed E-state index contributed by atoms with van der Waals surface area (Å²) in [5.41, 5.74) is 4.71. The van der Waals surface area contributed by atoms with Crippen LogP contribution in [0.25, 0.3) is 0 Å². The van der Waals surface area contributed by atoms with Crippen LogP contribution in [0.1, 0.15) is 43.0 Å². The van der Waals surface area contributed by atoms with Gasteiger partial charge in [0.15, 0.2) is 0 Å². The molecule has 0 saturated carbocycles. The van der Waals surface area contributed by atoms with Crippen molar-refractivity contribution in [2.45, 2.75) is 45.9 Å². The van der Waals surface area contributed by atoms with E-state index in [1.165, 1.54) is 16.7 Å². The number of ether oxygens (including phenoxy) is 1. The molecule has 2 aromatic rings. The molecule has 2 rings (SSSR count). The molecule has 0 aliphatic rings. The van der Waals surface area contributed by atoms with Crippen LogP contribution in [0.2, 0.25) is 0 Å². The van der Waals surface area contributed by atoms with Gasteiger partial charge in [-0.15, -0.1) is 11.6 Å². The molecule has 21 heavy (non-hydrogen) atoms. The lowest BCUT2D eigenvalue weighted by atomic mass is 9.85. The molecule has 0 spiro atoms. The number of aryl methyl sites for hydroxylation is 2. The van der Waals surface area contributed by atoms with E-state index >= 15 is 0 Å². The quantitative estimate of drug-likeness (QED) is 0.619. The van der Waals surface area contributed by atoms with E-state index in [0.717, 1.165) is 17.1 Å². The van der Waals surface area contributed by atoms with E-state index in [2.05, 4.69) is 58.9 Å². The molecule has 0 atom stereocenters. The van der Waals surface area contributed by atoms with Crippen LogP contribution in [0.15, 0.2) is 36.4 Å². The van der Waals surface area contributed by atoms with Crippen molar-refractivity contribution < 1.29 is 4.74 Å². The third-order valence-electron chi connectivity index (χ3n) is 3.52. The van der Waals surface area contributed by atoms with E-state index in [0.29, 0.717) is 5.88 Å². The van der Waals surface area contributed by atoms with Gasteiger partial charge in [-0.1, -0.05) is 56.2 Å². The van der Waals surface area contributed by atoms with Crippen molar-refractivity contribution in [3.05, 3.63) is 58.7 Å². The van der Waals surface area contributed by atoms with Gasteiger partial charge in [0.2, 0.25) is 0 Å². The average molecular weight is 303 g/mol. The van der Waals surface area contributed by atoms with E-state index in [1.54, 1.807) is 0 Å². The molecule has 0 fully saturated rings. The number of halogens is 1. The van der Waals surface area contributed by atoms with Gasteiger partial charge in [0.25, 0.3) is 0 Å². The number of hydrogen-bond donors (Lipinski definition) is 0. The Labute approximate surface area is 132 Å². The van der Waals surface area contributed by atoms with Crippen LogP contribution in [-0.4, -0.2) is 0 Å². The highest BCUT2D eigenvalue weighted by atomic mass is 35.5. The van der Waals surface area contributed by atoms with Gasteiger partial charge >= 0.3 is 0 Å². The predicted molar refractivity (Wildman–Crippen MR) is 90.7 cm³/mol. The van der Waals surface area contributed by atoms with Gasteiger partial charge < -0.3 is 4.74 Å². The standard InChI is InChI=1S/C19H23ClO/c1-13-6-8-17(15(10-13)12-20)21-18-9-7-14(2)11-16(18)19(3,4)5/h6-11H,12H2,1-5H3. The van der Waals surface area contributed by atoms with E-state index in [9.17, 15) is 0 Å². The van der Waals surface area contributed by atoms with Gasteiger partial charge in [0, 0.05) is 11.1 Å². The van der Waals surface area contributed by atoms with Crippen molar-refractivity contribution in [1.29, 1.82) is 0 Å². The van der Waals surface area contributed by atoms with E-state index in [1.807, 2.05) is 12.1 Å². The predicted octanol–water partition coefficient (Wildman–Crippen LogP) is 6.13.